The molecule has 0 unspecified atom stereocenters. The molecule has 0 spiro atoms. The Morgan fingerprint density at radius 3 is 2.67 bits per heavy atom. The Morgan fingerprint density at radius 2 is 1.95 bits per heavy atom. The van der Waals surface area contributed by atoms with Crippen LogP contribution < -0.4 is 10.6 Å². The first-order chi connectivity index (χ1) is 10.1. The SMILES string of the molecule is CCC(=O)Nc1cccc(NCc2ccc(Br)c(Cl)c2)c1. The third-order valence-electron chi connectivity index (χ3n) is 2.95. The van der Waals surface area contributed by atoms with Gasteiger partial charge in [0.1, 0.15) is 0 Å². The second-order valence-corrected chi connectivity index (χ2v) is 5.85. The fourth-order valence-corrected chi connectivity index (χ4v) is 2.26. The molecule has 21 heavy (non-hydrogen) atoms. The molecule has 0 aliphatic carbocycles. The summed E-state index contributed by atoms with van der Waals surface area (Å²) < 4.78 is 0.886. The normalized spacial score (nSPS) is 10.2. The van der Waals surface area contributed by atoms with Gasteiger partial charge in [0, 0.05) is 28.8 Å². The summed E-state index contributed by atoms with van der Waals surface area (Å²) in [4.78, 5) is 11.4. The molecule has 0 bridgehead atoms. The third kappa shape index (κ3) is 4.76. The predicted molar refractivity (Wildman–Crippen MR) is 91.8 cm³/mol. The lowest BCUT2D eigenvalue weighted by atomic mass is 10.2. The molecule has 110 valence electrons. The monoisotopic (exact) mass is 366 g/mol. The molecule has 0 aromatic heterocycles. The molecule has 3 nitrogen and oxygen atoms in total. The van der Waals surface area contributed by atoms with E-state index in [0.29, 0.717) is 18.0 Å². The fraction of sp³-hybridized carbons (Fsp3) is 0.188. The van der Waals surface area contributed by atoms with Crippen molar-refractivity contribution in [3.05, 3.63) is 57.5 Å². The van der Waals surface area contributed by atoms with Gasteiger partial charge in [0.2, 0.25) is 5.91 Å². The van der Waals surface area contributed by atoms with Crippen molar-refractivity contribution in [1.29, 1.82) is 0 Å². The van der Waals surface area contributed by atoms with Crippen LogP contribution in [0.3, 0.4) is 0 Å². The quantitative estimate of drug-likeness (QED) is 0.775. The molecule has 0 aliphatic heterocycles. The van der Waals surface area contributed by atoms with Gasteiger partial charge in [-0.1, -0.05) is 30.7 Å². The number of carbonyl (C=O) groups is 1. The largest absolute Gasteiger partial charge is 0.381 e. The van der Waals surface area contributed by atoms with Crippen molar-refractivity contribution in [1.82, 2.24) is 0 Å². The van der Waals surface area contributed by atoms with Crippen LogP contribution in [0.15, 0.2) is 46.9 Å². The fourth-order valence-electron chi connectivity index (χ4n) is 1.81. The molecule has 0 saturated heterocycles. The van der Waals surface area contributed by atoms with Crippen LogP contribution in [0.5, 0.6) is 0 Å². The van der Waals surface area contributed by atoms with E-state index in [4.69, 9.17) is 11.6 Å². The average Bonchev–Trinajstić information content (AvgIpc) is 2.49. The standard InChI is InChI=1S/C16H16BrClN2O/c1-2-16(21)20-13-5-3-4-12(9-13)19-10-11-6-7-14(17)15(18)8-11/h3-9,19H,2,10H2,1H3,(H,20,21). The summed E-state index contributed by atoms with van der Waals surface area (Å²) >= 11 is 9.44. The zero-order chi connectivity index (χ0) is 15.2. The predicted octanol–water partition coefficient (Wildman–Crippen LogP) is 5.06. The lowest BCUT2D eigenvalue weighted by Crippen LogP contribution is -2.09. The molecular weight excluding hydrogens is 352 g/mol. The van der Waals surface area contributed by atoms with Crippen molar-refractivity contribution in [2.24, 2.45) is 0 Å². The van der Waals surface area contributed by atoms with E-state index in [-0.39, 0.29) is 5.91 Å². The number of nitrogens with one attached hydrogen (secondary N) is 2. The molecule has 2 N–H and O–H groups in total. The number of rotatable bonds is 5. The molecule has 5 heteroatoms. The molecule has 1 amide bonds. The molecule has 2 aromatic rings. The Labute approximate surface area is 137 Å². The van der Waals surface area contributed by atoms with Crippen LogP contribution >= 0.6 is 27.5 Å². The number of benzene rings is 2. The van der Waals surface area contributed by atoms with Crippen molar-refractivity contribution in [2.75, 3.05) is 10.6 Å². The van der Waals surface area contributed by atoms with Gasteiger partial charge in [-0.05, 0) is 51.8 Å². The van der Waals surface area contributed by atoms with Crippen LogP contribution in [0, 0.1) is 0 Å². The molecule has 2 rings (SSSR count). The van der Waals surface area contributed by atoms with Gasteiger partial charge in [0.05, 0.1) is 5.02 Å². The van der Waals surface area contributed by atoms with Gasteiger partial charge < -0.3 is 10.6 Å². The summed E-state index contributed by atoms with van der Waals surface area (Å²) in [6.45, 7) is 2.49. The average molecular weight is 368 g/mol. The molecule has 0 saturated carbocycles. The molecular formula is C16H16BrClN2O. The molecule has 2 aromatic carbocycles. The number of halogens is 2. The Hall–Kier alpha value is -1.52. The van der Waals surface area contributed by atoms with E-state index in [0.717, 1.165) is 21.4 Å². The van der Waals surface area contributed by atoms with E-state index in [2.05, 4.69) is 26.6 Å². The molecule has 0 atom stereocenters. The maximum atomic E-state index is 11.4. The van der Waals surface area contributed by atoms with E-state index >= 15 is 0 Å². The van der Waals surface area contributed by atoms with E-state index in [9.17, 15) is 4.79 Å². The zero-order valence-electron chi connectivity index (χ0n) is 11.6. The maximum absolute atomic E-state index is 11.4. The van der Waals surface area contributed by atoms with Gasteiger partial charge in [-0.2, -0.15) is 0 Å². The summed E-state index contributed by atoms with van der Waals surface area (Å²) in [7, 11) is 0. The first-order valence-corrected chi connectivity index (χ1v) is 7.83. The van der Waals surface area contributed by atoms with Crippen LogP contribution in [0.25, 0.3) is 0 Å². The van der Waals surface area contributed by atoms with Crippen molar-refractivity contribution < 1.29 is 4.79 Å². The highest BCUT2D eigenvalue weighted by molar-refractivity contribution is 9.10. The van der Waals surface area contributed by atoms with E-state index in [1.54, 1.807) is 0 Å². The van der Waals surface area contributed by atoms with E-state index in [1.807, 2.05) is 49.4 Å². The minimum atomic E-state index is 0.00633. The second-order valence-electron chi connectivity index (χ2n) is 4.58. The topological polar surface area (TPSA) is 41.1 Å². The summed E-state index contributed by atoms with van der Waals surface area (Å²) in [5.41, 5.74) is 2.83. The van der Waals surface area contributed by atoms with Crippen LogP contribution in [0.1, 0.15) is 18.9 Å². The second kappa shape index (κ2) is 7.48. The van der Waals surface area contributed by atoms with Crippen molar-refractivity contribution in [3.8, 4) is 0 Å². The lowest BCUT2D eigenvalue weighted by molar-refractivity contribution is -0.115. The lowest BCUT2D eigenvalue weighted by Gasteiger charge is -2.10. The Kier molecular flexibility index (Phi) is 5.65. The molecule has 0 aliphatic rings. The molecule has 0 radical (unpaired) electrons. The highest BCUT2D eigenvalue weighted by atomic mass is 79.9. The summed E-state index contributed by atoms with van der Waals surface area (Å²) in [6.07, 6.45) is 0.467. The Bertz CT molecular complexity index is 646. The number of hydrogen-bond donors (Lipinski definition) is 2. The maximum Gasteiger partial charge on any atom is 0.224 e. The Balaban J connectivity index is 2.01. The highest BCUT2D eigenvalue weighted by Gasteiger charge is 2.02. The van der Waals surface area contributed by atoms with Crippen LogP contribution in [0.2, 0.25) is 5.02 Å². The smallest absolute Gasteiger partial charge is 0.224 e. The highest BCUT2D eigenvalue weighted by Crippen LogP contribution is 2.24. The van der Waals surface area contributed by atoms with Gasteiger partial charge in [0.25, 0.3) is 0 Å². The number of hydrogen-bond acceptors (Lipinski definition) is 2. The first kappa shape index (κ1) is 15.9. The van der Waals surface area contributed by atoms with Crippen LogP contribution in [-0.4, -0.2) is 5.91 Å². The summed E-state index contributed by atoms with van der Waals surface area (Å²) in [5, 5.41) is 6.85. The third-order valence-corrected chi connectivity index (χ3v) is 4.18. The summed E-state index contributed by atoms with van der Waals surface area (Å²) in [6, 6.07) is 13.5. The van der Waals surface area contributed by atoms with Gasteiger partial charge in [-0.15, -0.1) is 0 Å². The van der Waals surface area contributed by atoms with Crippen LogP contribution in [-0.2, 0) is 11.3 Å². The minimum Gasteiger partial charge on any atom is -0.381 e. The van der Waals surface area contributed by atoms with Gasteiger partial charge in [-0.3, -0.25) is 4.79 Å². The van der Waals surface area contributed by atoms with E-state index in [1.165, 1.54) is 0 Å². The Morgan fingerprint density at radius 1 is 1.19 bits per heavy atom. The van der Waals surface area contributed by atoms with Gasteiger partial charge in [0.15, 0.2) is 0 Å². The number of carbonyl (C=O) groups excluding carboxylic acids is 1. The van der Waals surface area contributed by atoms with Crippen LogP contribution in [0.4, 0.5) is 11.4 Å². The first-order valence-electron chi connectivity index (χ1n) is 6.66. The van der Waals surface area contributed by atoms with Crippen molar-refractivity contribution in [2.45, 2.75) is 19.9 Å². The van der Waals surface area contributed by atoms with Crippen molar-refractivity contribution >= 4 is 44.8 Å². The number of anilines is 2. The summed E-state index contributed by atoms with van der Waals surface area (Å²) in [5.74, 6) is 0.00633. The van der Waals surface area contributed by atoms with Crippen molar-refractivity contribution in [3.63, 3.8) is 0 Å². The molecule has 0 fully saturated rings. The van der Waals surface area contributed by atoms with Gasteiger partial charge in [-0.25, -0.2) is 0 Å². The number of amides is 1. The minimum absolute atomic E-state index is 0.00633. The zero-order valence-corrected chi connectivity index (χ0v) is 14.0. The van der Waals surface area contributed by atoms with E-state index < -0.39 is 0 Å². The molecule has 0 heterocycles. The van der Waals surface area contributed by atoms with Gasteiger partial charge >= 0.3 is 0 Å².